The van der Waals surface area contributed by atoms with Crippen molar-refractivity contribution >= 4 is 29.9 Å². The maximum Gasteiger partial charge on any atom is 0.194 e. The highest BCUT2D eigenvalue weighted by atomic mass is 127. The molecule has 28 heavy (non-hydrogen) atoms. The topological polar surface area (TPSA) is 49.3 Å². The summed E-state index contributed by atoms with van der Waals surface area (Å²) in [5.74, 6) is 1.94. The van der Waals surface area contributed by atoms with E-state index in [1.165, 1.54) is 12.0 Å². The average Bonchev–Trinajstić information content (AvgIpc) is 3.17. The van der Waals surface area contributed by atoms with E-state index in [0.29, 0.717) is 12.6 Å². The first kappa shape index (κ1) is 23.2. The molecule has 3 rings (SSSR count). The zero-order chi connectivity index (χ0) is 19.1. The van der Waals surface area contributed by atoms with Gasteiger partial charge in [0.2, 0.25) is 0 Å². The van der Waals surface area contributed by atoms with E-state index in [1.807, 2.05) is 26.0 Å². The van der Waals surface area contributed by atoms with Crippen LogP contribution in [0.25, 0.3) is 0 Å². The standard InChI is InChI=1S/C21H34N4O2.HI/c1-4-22-21(23-15-18-5-7-20(8-6-18)27-17(2)3)25-10-9-19(16-25)24-11-13-26-14-12-24;/h5-8,17,19H,4,9-16H2,1-3H3,(H,22,23);1H. The molecule has 1 N–H and O–H groups in total. The molecule has 2 heterocycles. The van der Waals surface area contributed by atoms with Gasteiger partial charge in [0.05, 0.1) is 25.9 Å². The lowest BCUT2D eigenvalue weighted by Gasteiger charge is -2.32. The number of morpholine rings is 1. The van der Waals surface area contributed by atoms with Crippen LogP contribution in [-0.4, -0.2) is 73.8 Å². The second-order valence-electron chi connectivity index (χ2n) is 7.52. The molecule has 2 fully saturated rings. The molecule has 7 heteroatoms. The van der Waals surface area contributed by atoms with Gasteiger partial charge in [0.15, 0.2) is 5.96 Å². The van der Waals surface area contributed by atoms with Crippen LogP contribution in [0.1, 0.15) is 32.8 Å². The predicted octanol–water partition coefficient (Wildman–Crippen LogP) is 2.96. The van der Waals surface area contributed by atoms with Crippen molar-refractivity contribution < 1.29 is 9.47 Å². The first-order valence-corrected chi connectivity index (χ1v) is 10.3. The number of aliphatic imine (C=N–C) groups is 1. The van der Waals surface area contributed by atoms with Crippen molar-refractivity contribution in [3.05, 3.63) is 29.8 Å². The maximum absolute atomic E-state index is 5.71. The Morgan fingerprint density at radius 3 is 2.57 bits per heavy atom. The summed E-state index contributed by atoms with van der Waals surface area (Å²) in [6.45, 7) is 13.7. The Labute approximate surface area is 186 Å². The van der Waals surface area contributed by atoms with Crippen molar-refractivity contribution in [3.63, 3.8) is 0 Å². The Kier molecular flexibility index (Phi) is 9.81. The number of guanidine groups is 1. The molecule has 0 aromatic heterocycles. The summed E-state index contributed by atoms with van der Waals surface area (Å²) in [5.41, 5.74) is 1.20. The smallest absolute Gasteiger partial charge is 0.194 e. The molecule has 0 amide bonds. The lowest BCUT2D eigenvalue weighted by Crippen LogP contribution is -2.46. The van der Waals surface area contributed by atoms with E-state index in [0.717, 1.165) is 57.6 Å². The van der Waals surface area contributed by atoms with E-state index in [9.17, 15) is 0 Å². The summed E-state index contributed by atoms with van der Waals surface area (Å²) in [6.07, 6.45) is 1.40. The Balaban J connectivity index is 0.00000280. The summed E-state index contributed by atoms with van der Waals surface area (Å²) in [6, 6.07) is 8.88. The maximum atomic E-state index is 5.71. The summed E-state index contributed by atoms with van der Waals surface area (Å²) in [5, 5.41) is 3.46. The van der Waals surface area contributed by atoms with Crippen LogP contribution in [0, 0.1) is 0 Å². The number of rotatable bonds is 6. The van der Waals surface area contributed by atoms with Crippen molar-refractivity contribution in [3.8, 4) is 5.75 Å². The fourth-order valence-corrected chi connectivity index (χ4v) is 3.71. The Morgan fingerprint density at radius 2 is 1.93 bits per heavy atom. The van der Waals surface area contributed by atoms with Crippen LogP contribution in [0.4, 0.5) is 0 Å². The molecule has 158 valence electrons. The number of hydrogen-bond acceptors (Lipinski definition) is 4. The number of nitrogens with zero attached hydrogens (tertiary/aromatic N) is 3. The second-order valence-corrected chi connectivity index (χ2v) is 7.52. The van der Waals surface area contributed by atoms with E-state index in [2.05, 4.69) is 34.2 Å². The van der Waals surface area contributed by atoms with Gasteiger partial charge >= 0.3 is 0 Å². The lowest BCUT2D eigenvalue weighted by molar-refractivity contribution is 0.0195. The molecule has 1 aromatic carbocycles. The second kappa shape index (κ2) is 11.8. The van der Waals surface area contributed by atoms with E-state index >= 15 is 0 Å². The molecule has 1 unspecified atom stereocenters. The van der Waals surface area contributed by atoms with E-state index in [1.54, 1.807) is 0 Å². The fourth-order valence-electron chi connectivity index (χ4n) is 3.71. The van der Waals surface area contributed by atoms with Crippen LogP contribution in [0.3, 0.4) is 0 Å². The number of hydrogen-bond donors (Lipinski definition) is 1. The van der Waals surface area contributed by atoms with Gasteiger partial charge in [-0.3, -0.25) is 4.90 Å². The third-order valence-corrected chi connectivity index (χ3v) is 5.07. The van der Waals surface area contributed by atoms with Crippen molar-refractivity contribution in [1.82, 2.24) is 15.1 Å². The highest BCUT2D eigenvalue weighted by Gasteiger charge is 2.30. The first-order valence-electron chi connectivity index (χ1n) is 10.3. The Hall–Kier alpha value is -1.06. The summed E-state index contributed by atoms with van der Waals surface area (Å²) < 4.78 is 11.2. The molecule has 1 atom stereocenters. The first-order chi connectivity index (χ1) is 13.2. The van der Waals surface area contributed by atoms with Crippen LogP contribution >= 0.6 is 24.0 Å². The Bertz CT molecular complexity index is 603. The quantitative estimate of drug-likeness (QED) is 0.369. The van der Waals surface area contributed by atoms with Crippen molar-refractivity contribution in [2.24, 2.45) is 4.99 Å². The molecule has 0 saturated carbocycles. The van der Waals surface area contributed by atoms with Crippen LogP contribution < -0.4 is 10.1 Å². The van der Waals surface area contributed by atoms with Crippen LogP contribution in [0.5, 0.6) is 5.75 Å². The fraction of sp³-hybridized carbons (Fsp3) is 0.667. The van der Waals surface area contributed by atoms with Gasteiger partial charge in [0, 0.05) is 38.8 Å². The highest BCUT2D eigenvalue weighted by molar-refractivity contribution is 14.0. The number of ether oxygens (including phenoxy) is 2. The normalized spacial score (nSPS) is 20.9. The third-order valence-electron chi connectivity index (χ3n) is 5.07. The highest BCUT2D eigenvalue weighted by Crippen LogP contribution is 2.18. The zero-order valence-electron chi connectivity index (χ0n) is 17.4. The van der Waals surface area contributed by atoms with Gasteiger partial charge in [-0.05, 0) is 44.9 Å². The third kappa shape index (κ3) is 6.77. The molecule has 0 spiro atoms. The summed E-state index contributed by atoms with van der Waals surface area (Å²) in [7, 11) is 0. The van der Waals surface area contributed by atoms with Gasteiger partial charge in [0.25, 0.3) is 0 Å². The minimum Gasteiger partial charge on any atom is -0.491 e. The number of halogens is 1. The molecule has 0 bridgehead atoms. The van der Waals surface area contributed by atoms with E-state index < -0.39 is 0 Å². The molecular weight excluding hydrogens is 467 g/mol. The molecule has 0 radical (unpaired) electrons. The molecule has 2 aliphatic rings. The van der Waals surface area contributed by atoms with Gasteiger partial charge in [-0.1, -0.05) is 12.1 Å². The van der Waals surface area contributed by atoms with Gasteiger partial charge in [-0.15, -0.1) is 24.0 Å². The number of nitrogens with one attached hydrogen (secondary N) is 1. The van der Waals surface area contributed by atoms with Crippen LogP contribution in [0.2, 0.25) is 0 Å². The van der Waals surface area contributed by atoms with Crippen LogP contribution in [0.15, 0.2) is 29.3 Å². The minimum absolute atomic E-state index is 0. The van der Waals surface area contributed by atoms with Gasteiger partial charge in [-0.25, -0.2) is 4.99 Å². The molecule has 1 aromatic rings. The van der Waals surface area contributed by atoms with E-state index in [4.69, 9.17) is 14.5 Å². The summed E-state index contributed by atoms with van der Waals surface area (Å²) in [4.78, 5) is 9.86. The van der Waals surface area contributed by atoms with Crippen LogP contribution in [-0.2, 0) is 11.3 Å². The molecule has 6 nitrogen and oxygen atoms in total. The number of likely N-dealkylation sites (tertiary alicyclic amines) is 1. The molecule has 2 saturated heterocycles. The van der Waals surface area contributed by atoms with Gasteiger partial charge < -0.3 is 19.7 Å². The van der Waals surface area contributed by atoms with Crippen molar-refractivity contribution in [1.29, 1.82) is 0 Å². The largest absolute Gasteiger partial charge is 0.491 e. The SMILES string of the molecule is CCNC(=NCc1ccc(OC(C)C)cc1)N1CCC(N2CCOCC2)C1.I. The predicted molar refractivity (Wildman–Crippen MR) is 125 cm³/mol. The monoisotopic (exact) mass is 502 g/mol. The average molecular weight is 502 g/mol. The van der Waals surface area contributed by atoms with Gasteiger partial charge in [0.1, 0.15) is 5.75 Å². The van der Waals surface area contributed by atoms with E-state index in [-0.39, 0.29) is 30.1 Å². The van der Waals surface area contributed by atoms with Crippen molar-refractivity contribution in [2.45, 2.75) is 45.9 Å². The van der Waals surface area contributed by atoms with Gasteiger partial charge in [-0.2, -0.15) is 0 Å². The number of benzene rings is 1. The molecular formula is C21H35IN4O2. The minimum atomic E-state index is 0. The molecule has 2 aliphatic heterocycles. The zero-order valence-corrected chi connectivity index (χ0v) is 19.7. The van der Waals surface area contributed by atoms with Crippen molar-refractivity contribution in [2.75, 3.05) is 45.9 Å². The summed E-state index contributed by atoms with van der Waals surface area (Å²) >= 11 is 0. The lowest BCUT2D eigenvalue weighted by atomic mass is 10.2. The molecule has 0 aliphatic carbocycles. The Morgan fingerprint density at radius 1 is 1.21 bits per heavy atom.